The maximum atomic E-state index is 13.4. The maximum Gasteiger partial charge on any atom is 0.371 e. The zero-order valence-electron chi connectivity index (χ0n) is 10.7. The summed E-state index contributed by atoms with van der Waals surface area (Å²) < 4.78 is 31.3. The van der Waals surface area contributed by atoms with Gasteiger partial charge in [0.25, 0.3) is 0 Å². The standard InChI is InChI=1S/C14H13F2NO3/c1-8(12-4-5-13(20-12)14(18)19)17-7-9-2-3-10(15)6-11(9)16/h2-6,8,17H,7H2,1H3,(H,18,19). The summed E-state index contributed by atoms with van der Waals surface area (Å²) in [6.45, 7) is 1.93. The van der Waals surface area contributed by atoms with Crippen LogP contribution in [0.1, 0.15) is 34.8 Å². The Labute approximate surface area is 114 Å². The number of benzene rings is 1. The lowest BCUT2D eigenvalue weighted by Gasteiger charge is -2.11. The van der Waals surface area contributed by atoms with E-state index in [4.69, 9.17) is 9.52 Å². The highest BCUT2D eigenvalue weighted by Crippen LogP contribution is 2.17. The highest BCUT2D eigenvalue weighted by molar-refractivity contribution is 5.84. The van der Waals surface area contributed by atoms with Crippen molar-refractivity contribution < 1.29 is 23.1 Å². The fourth-order valence-electron chi connectivity index (χ4n) is 1.73. The first-order valence-corrected chi connectivity index (χ1v) is 5.97. The van der Waals surface area contributed by atoms with Gasteiger partial charge >= 0.3 is 5.97 Å². The molecule has 2 aromatic rings. The largest absolute Gasteiger partial charge is 0.475 e. The van der Waals surface area contributed by atoms with Crippen LogP contribution in [0.15, 0.2) is 34.7 Å². The molecule has 0 radical (unpaired) electrons. The molecule has 1 aromatic carbocycles. The Kier molecular flexibility index (Phi) is 4.14. The molecule has 1 unspecified atom stereocenters. The van der Waals surface area contributed by atoms with E-state index >= 15 is 0 Å². The fourth-order valence-corrected chi connectivity index (χ4v) is 1.73. The Balaban J connectivity index is 2.00. The van der Waals surface area contributed by atoms with Crippen LogP contribution < -0.4 is 5.32 Å². The molecule has 0 amide bonds. The SMILES string of the molecule is CC(NCc1ccc(F)cc1F)c1ccc(C(=O)O)o1. The number of aromatic carboxylic acids is 1. The van der Waals surface area contributed by atoms with Crippen LogP contribution in [0.25, 0.3) is 0 Å². The molecule has 1 atom stereocenters. The number of furan rings is 1. The normalized spacial score (nSPS) is 12.3. The molecule has 1 heterocycles. The Morgan fingerprint density at radius 2 is 2.10 bits per heavy atom. The number of hydrogen-bond acceptors (Lipinski definition) is 3. The van der Waals surface area contributed by atoms with Gasteiger partial charge in [-0.05, 0) is 25.1 Å². The average molecular weight is 281 g/mol. The van der Waals surface area contributed by atoms with Crippen molar-refractivity contribution in [3.63, 3.8) is 0 Å². The summed E-state index contributed by atoms with van der Waals surface area (Å²) in [6, 6.07) is 5.95. The Hall–Kier alpha value is -2.21. The number of carboxylic acid groups (broad SMARTS) is 1. The van der Waals surface area contributed by atoms with Crippen molar-refractivity contribution in [1.29, 1.82) is 0 Å². The van der Waals surface area contributed by atoms with Crippen LogP contribution >= 0.6 is 0 Å². The van der Waals surface area contributed by atoms with E-state index in [0.29, 0.717) is 11.3 Å². The third-order valence-electron chi connectivity index (χ3n) is 2.88. The van der Waals surface area contributed by atoms with Crippen LogP contribution in [0.5, 0.6) is 0 Å². The molecule has 0 saturated heterocycles. The van der Waals surface area contributed by atoms with Crippen molar-refractivity contribution in [2.45, 2.75) is 19.5 Å². The van der Waals surface area contributed by atoms with E-state index in [-0.39, 0.29) is 18.3 Å². The second-order valence-electron chi connectivity index (χ2n) is 4.35. The van der Waals surface area contributed by atoms with E-state index in [1.54, 1.807) is 13.0 Å². The second kappa shape index (κ2) is 5.83. The van der Waals surface area contributed by atoms with E-state index in [0.717, 1.165) is 6.07 Å². The Morgan fingerprint density at radius 1 is 1.35 bits per heavy atom. The van der Waals surface area contributed by atoms with Crippen molar-refractivity contribution >= 4 is 5.97 Å². The molecular weight excluding hydrogens is 268 g/mol. The van der Waals surface area contributed by atoms with Crippen molar-refractivity contribution in [2.75, 3.05) is 0 Å². The van der Waals surface area contributed by atoms with Crippen molar-refractivity contribution in [3.8, 4) is 0 Å². The van der Waals surface area contributed by atoms with E-state index in [1.807, 2.05) is 0 Å². The second-order valence-corrected chi connectivity index (χ2v) is 4.35. The van der Waals surface area contributed by atoms with Gasteiger partial charge in [-0.1, -0.05) is 6.07 Å². The predicted octanol–water partition coefficient (Wildman–Crippen LogP) is 3.11. The third kappa shape index (κ3) is 3.21. The van der Waals surface area contributed by atoms with Gasteiger partial charge in [-0.3, -0.25) is 0 Å². The van der Waals surface area contributed by atoms with Gasteiger partial charge in [0.1, 0.15) is 17.4 Å². The van der Waals surface area contributed by atoms with Crippen LogP contribution in [-0.2, 0) is 6.54 Å². The molecule has 4 nitrogen and oxygen atoms in total. The fraction of sp³-hybridized carbons (Fsp3) is 0.214. The molecule has 20 heavy (non-hydrogen) atoms. The lowest BCUT2D eigenvalue weighted by Crippen LogP contribution is -2.18. The van der Waals surface area contributed by atoms with Crippen LogP contribution in [0, 0.1) is 11.6 Å². The van der Waals surface area contributed by atoms with Gasteiger partial charge < -0.3 is 14.8 Å². The minimum atomic E-state index is -1.15. The van der Waals surface area contributed by atoms with E-state index in [1.165, 1.54) is 18.2 Å². The smallest absolute Gasteiger partial charge is 0.371 e. The lowest BCUT2D eigenvalue weighted by atomic mass is 10.2. The quantitative estimate of drug-likeness (QED) is 0.884. The molecule has 0 spiro atoms. The lowest BCUT2D eigenvalue weighted by molar-refractivity contribution is 0.0659. The molecule has 0 bridgehead atoms. The van der Waals surface area contributed by atoms with Crippen molar-refractivity contribution in [3.05, 3.63) is 59.1 Å². The number of halogens is 2. The first kappa shape index (κ1) is 14.2. The topological polar surface area (TPSA) is 62.5 Å². The zero-order chi connectivity index (χ0) is 14.7. The molecule has 1 aromatic heterocycles. The summed E-state index contributed by atoms with van der Waals surface area (Å²) in [5.74, 6) is -2.12. The predicted molar refractivity (Wildman–Crippen MR) is 67.3 cm³/mol. The van der Waals surface area contributed by atoms with Gasteiger partial charge in [-0.15, -0.1) is 0 Å². The van der Waals surface area contributed by atoms with Gasteiger partial charge in [0, 0.05) is 18.2 Å². The van der Waals surface area contributed by atoms with Crippen molar-refractivity contribution in [1.82, 2.24) is 5.32 Å². The number of carboxylic acids is 1. The van der Waals surface area contributed by atoms with Crippen LogP contribution in [-0.4, -0.2) is 11.1 Å². The number of rotatable bonds is 5. The molecular formula is C14H13F2NO3. The molecule has 0 saturated carbocycles. The summed E-state index contributed by atoms with van der Waals surface area (Å²) in [5, 5.41) is 11.7. The average Bonchev–Trinajstić information content (AvgIpc) is 2.87. The van der Waals surface area contributed by atoms with Gasteiger partial charge in [0.2, 0.25) is 5.76 Å². The number of carbonyl (C=O) groups is 1. The molecule has 106 valence electrons. The summed E-state index contributed by atoms with van der Waals surface area (Å²) >= 11 is 0. The highest BCUT2D eigenvalue weighted by Gasteiger charge is 2.14. The summed E-state index contributed by atoms with van der Waals surface area (Å²) in [4.78, 5) is 10.7. The molecule has 0 aliphatic carbocycles. The minimum absolute atomic E-state index is 0.151. The third-order valence-corrected chi connectivity index (χ3v) is 2.88. The molecule has 0 aliphatic rings. The van der Waals surface area contributed by atoms with E-state index in [9.17, 15) is 13.6 Å². The summed E-state index contributed by atoms with van der Waals surface area (Å²) in [5.41, 5.74) is 0.322. The Bertz CT molecular complexity index is 625. The van der Waals surface area contributed by atoms with Gasteiger partial charge in [-0.25, -0.2) is 13.6 Å². The summed E-state index contributed by atoms with van der Waals surface area (Å²) in [7, 11) is 0. The van der Waals surface area contributed by atoms with Crippen LogP contribution in [0.2, 0.25) is 0 Å². The monoisotopic (exact) mass is 281 g/mol. The van der Waals surface area contributed by atoms with Gasteiger partial charge in [0.05, 0.1) is 6.04 Å². The summed E-state index contributed by atoms with van der Waals surface area (Å²) in [6.07, 6.45) is 0. The van der Waals surface area contributed by atoms with Crippen LogP contribution in [0.4, 0.5) is 8.78 Å². The molecule has 0 aliphatic heterocycles. The minimum Gasteiger partial charge on any atom is -0.475 e. The van der Waals surface area contributed by atoms with E-state index < -0.39 is 17.6 Å². The van der Waals surface area contributed by atoms with E-state index in [2.05, 4.69) is 5.32 Å². The molecule has 0 fully saturated rings. The zero-order valence-corrected chi connectivity index (χ0v) is 10.7. The molecule has 2 N–H and O–H groups in total. The Morgan fingerprint density at radius 3 is 2.70 bits per heavy atom. The van der Waals surface area contributed by atoms with Crippen LogP contribution in [0.3, 0.4) is 0 Å². The first-order chi connectivity index (χ1) is 9.47. The first-order valence-electron chi connectivity index (χ1n) is 5.97. The van der Waals surface area contributed by atoms with Gasteiger partial charge in [0.15, 0.2) is 0 Å². The number of hydrogen-bond donors (Lipinski definition) is 2. The molecule has 2 rings (SSSR count). The maximum absolute atomic E-state index is 13.4. The van der Waals surface area contributed by atoms with Gasteiger partial charge in [-0.2, -0.15) is 0 Å². The van der Waals surface area contributed by atoms with Crippen molar-refractivity contribution in [2.24, 2.45) is 0 Å². The number of nitrogens with one attached hydrogen (secondary N) is 1. The molecule has 6 heteroatoms. The highest BCUT2D eigenvalue weighted by atomic mass is 19.1.